The number of benzene rings is 1. The van der Waals surface area contributed by atoms with Gasteiger partial charge in [0.15, 0.2) is 0 Å². The number of urea groups is 1. The third-order valence-electron chi connectivity index (χ3n) is 7.05. The van der Waals surface area contributed by atoms with Crippen molar-refractivity contribution in [2.75, 3.05) is 39.3 Å². The lowest BCUT2D eigenvalue weighted by Crippen LogP contribution is -2.57. The molecule has 1 aromatic rings. The zero-order valence-corrected chi connectivity index (χ0v) is 16.6. The molecule has 2 heterocycles. The molecule has 3 fully saturated rings. The molecule has 152 valence electrons. The molecule has 2 aliphatic heterocycles. The zero-order valence-electron chi connectivity index (χ0n) is 16.6. The number of carbonyl (C=O) groups is 2. The summed E-state index contributed by atoms with van der Waals surface area (Å²) < 4.78 is 0. The number of hydrogen-bond donors (Lipinski definition) is 1. The quantitative estimate of drug-likeness (QED) is 0.869. The van der Waals surface area contributed by atoms with E-state index in [0.717, 1.165) is 31.7 Å². The van der Waals surface area contributed by atoms with E-state index in [1.165, 1.54) is 25.7 Å². The lowest BCUT2D eigenvalue weighted by atomic mass is 9.73. The van der Waals surface area contributed by atoms with Crippen LogP contribution in [0.15, 0.2) is 30.3 Å². The molecular formula is C22H31N3O3. The van der Waals surface area contributed by atoms with Crippen molar-refractivity contribution in [3.63, 3.8) is 0 Å². The predicted octanol–water partition coefficient (Wildman–Crippen LogP) is 2.79. The maximum absolute atomic E-state index is 13.0. The molecule has 0 atom stereocenters. The summed E-state index contributed by atoms with van der Waals surface area (Å²) in [5.74, 6) is -0.782. The Hall–Kier alpha value is -2.08. The Kier molecular flexibility index (Phi) is 5.58. The summed E-state index contributed by atoms with van der Waals surface area (Å²) in [5.41, 5.74) is -0.0288. The highest BCUT2D eigenvalue weighted by Gasteiger charge is 2.44. The van der Waals surface area contributed by atoms with Gasteiger partial charge >= 0.3 is 12.0 Å². The van der Waals surface area contributed by atoms with E-state index in [2.05, 4.69) is 4.90 Å². The third-order valence-corrected chi connectivity index (χ3v) is 7.05. The summed E-state index contributed by atoms with van der Waals surface area (Å²) in [4.78, 5) is 31.5. The first-order valence-corrected chi connectivity index (χ1v) is 10.7. The van der Waals surface area contributed by atoms with Gasteiger partial charge in [-0.25, -0.2) is 4.79 Å². The summed E-state index contributed by atoms with van der Waals surface area (Å²) in [6.45, 7) is 4.51. The molecule has 4 rings (SSSR count). The minimum Gasteiger partial charge on any atom is -0.481 e. The highest BCUT2D eigenvalue weighted by Crippen LogP contribution is 2.36. The molecule has 1 aromatic carbocycles. The first-order valence-electron chi connectivity index (χ1n) is 10.7. The van der Waals surface area contributed by atoms with Crippen LogP contribution in [0.3, 0.4) is 0 Å². The fourth-order valence-corrected chi connectivity index (χ4v) is 5.21. The van der Waals surface area contributed by atoms with E-state index in [0.29, 0.717) is 32.0 Å². The molecule has 6 nitrogen and oxygen atoms in total. The number of hydrogen-bond acceptors (Lipinski definition) is 3. The Bertz CT molecular complexity index is 686. The number of amides is 2. The summed E-state index contributed by atoms with van der Waals surface area (Å²) >= 11 is 0. The highest BCUT2D eigenvalue weighted by molar-refractivity contribution is 5.82. The summed E-state index contributed by atoms with van der Waals surface area (Å²) in [6, 6.07) is 10.3. The van der Waals surface area contributed by atoms with Crippen LogP contribution in [0.1, 0.15) is 44.1 Å². The average molecular weight is 386 g/mol. The van der Waals surface area contributed by atoms with Crippen LogP contribution in [-0.4, -0.2) is 77.1 Å². The minimum atomic E-state index is -0.876. The fourth-order valence-electron chi connectivity index (χ4n) is 5.21. The molecule has 0 aromatic heterocycles. The van der Waals surface area contributed by atoms with E-state index in [9.17, 15) is 14.7 Å². The van der Waals surface area contributed by atoms with Crippen molar-refractivity contribution in [3.05, 3.63) is 35.9 Å². The lowest BCUT2D eigenvalue weighted by molar-refractivity contribution is -0.145. The van der Waals surface area contributed by atoms with E-state index >= 15 is 0 Å². The van der Waals surface area contributed by atoms with Crippen LogP contribution in [0.4, 0.5) is 4.79 Å². The molecule has 0 unspecified atom stereocenters. The van der Waals surface area contributed by atoms with Gasteiger partial charge in [0.2, 0.25) is 0 Å². The van der Waals surface area contributed by atoms with Crippen LogP contribution in [0.25, 0.3) is 0 Å². The number of carboxylic acid groups (broad SMARTS) is 1. The van der Waals surface area contributed by atoms with Crippen molar-refractivity contribution in [1.82, 2.24) is 14.7 Å². The fraction of sp³-hybridized carbons (Fsp3) is 0.636. The van der Waals surface area contributed by atoms with Gasteiger partial charge in [0.05, 0.1) is 5.41 Å². The Morgan fingerprint density at radius 1 is 0.857 bits per heavy atom. The van der Waals surface area contributed by atoms with Crippen LogP contribution in [0, 0.1) is 0 Å². The van der Waals surface area contributed by atoms with Crippen molar-refractivity contribution in [2.24, 2.45) is 0 Å². The van der Waals surface area contributed by atoms with E-state index < -0.39 is 11.4 Å². The van der Waals surface area contributed by atoms with Crippen LogP contribution >= 0.6 is 0 Å². The van der Waals surface area contributed by atoms with Gasteiger partial charge in [-0.1, -0.05) is 43.2 Å². The van der Waals surface area contributed by atoms with Crippen LogP contribution in [0.5, 0.6) is 0 Å². The number of carbonyl (C=O) groups excluding carboxylic acids is 1. The minimum absolute atomic E-state index is 0.0816. The number of likely N-dealkylation sites (tertiary alicyclic amines) is 1. The van der Waals surface area contributed by atoms with Gasteiger partial charge in [0.1, 0.15) is 0 Å². The molecule has 0 radical (unpaired) electrons. The summed E-state index contributed by atoms with van der Waals surface area (Å²) in [6.07, 6.45) is 6.22. The van der Waals surface area contributed by atoms with E-state index in [-0.39, 0.29) is 6.03 Å². The van der Waals surface area contributed by atoms with Gasteiger partial charge in [-0.3, -0.25) is 9.69 Å². The normalized spacial score (nSPS) is 23.7. The number of carboxylic acids is 1. The topological polar surface area (TPSA) is 64.1 Å². The number of rotatable bonds is 3. The molecule has 1 saturated carbocycles. The SMILES string of the molecule is O=C(N1CCN(C2CCCC2)CC1)N1CCC(C(=O)O)(c2ccccc2)CC1. The number of piperazine rings is 1. The maximum atomic E-state index is 13.0. The number of nitrogens with zero attached hydrogens (tertiary/aromatic N) is 3. The molecule has 6 heteroatoms. The smallest absolute Gasteiger partial charge is 0.320 e. The van der Waals surface area contributed by atoms with E-state index in [4.69, 9.17) is 0 Å². The van der Waals surface area contributed by atoms with Crippen molar-refractivity contribution in [1.29, 1.82) is 0 Å². The van der Waals surface area contributed by atoms with E-state index in [1.54, 1.807) is 0 Å². The van der Waals surface area contributed by atoms with Crippen LogP contribution < -0.4 is 0 Å². The molecule has 3 aliphatic rings. The predicted molar refractivity (Wildman–Crippen MR) is 107 cm³/mol. The first-order chi connectivity index (χ1) is 13.6. The average Bonchev–Trinajstić information content (AvgIpc) is 3.29. The Morgan fingerprint density at radius 2 is 1.43 bits per heavy atom. The zero-order chi connectivity index (χ0) is 19.6. The largest absolute Gasteiger partial charge is 0.481 e. The number of piperidine rings is 1. The van der Waals surface area contributed by atoms with Gasteiger partial charge in [0.25, 0.3) is 0 Å². The highest BCUT2D eigenvalue weighted by atomic mass is 16.4. The second-order valence-electron chi connectivity index (χ2n) is 8.48. The van der Waals surface area contributed by atoms with Gasteiger partial charge in [-0.05, 0) is 31.2 Å². The molecule has 0 bridgehead atoms. The second-order valence-corrected chi connectivity index (χ2v) is 8.48. The van der Waals surface area contributed by atoms with Gasteiger partial charge in [0, 0.05) is 45.3 Å². The molecule has 1 aliphatic carbocycles. The molecule has 2 amide bonds. The van der Waals surface area contributed by atoms with Crippen molar-refractivity contribution < 1.29 is 14.7 Å². The standard InChI is InChI=1S/C22H31N3O3/c26-20(27)22(18-6-2-1-3-7-18)10-12-24(13-11-22)21(28)25-16-14-23(15-17-25)19-8-4-5-9-19/h1-3,6-7,19H,4-5,8-17H2,(H,26,27). The van der Waals surface area contributed by atoms with Crippen molar-refractivity contribution in [3.8, 4) is 0 Å². The molecule has 0 spiro atoms. The molecule has 2 saturated heterocycles. The Morgan fingerprint density at radius 3 is 2.00 bits per heavy atom. The summed E-state index contributed by atoms with van der Waals surface area (Å²) in [7, 11) is 0. The second kappa shape index (κ2) is 8.11. The third kappa shape index (κ3) is 3.62. The van der Waals surface area contributed by atoms with Crippen molar-refractivity contribution in [2.45, 2.75) is 50.0 Å². The lowest BCUT2D eigenvalue weighted by Gasteiger charge is -2.43. The summed E-state index contributed by atoms with van der Waals surface area (Å²) in [5, 5.41) is 9.93. The Balaban J connectivity index is 1.34. The Labute approximate surface area is 167 Å². The van der Waals surface area contributed by atoms with E-state index in [1.807, 2.05) is 40.1 Å². The van der Waals surface area contributed by atoms with Crippen LogP contribution in [0.2, 0.25) is 0 Å². The van der Waals surface area contributed by atoms with Gasteiger partial charge in [-0.15, -0.1) is 0 Å². The maximum Gasteiger partial charge on any atom is 0.320 e. The molecule has 1 N–H and O–H groups in total. The molecule has 28 heavy (non-hydrogen) atoms. The van der Waals surface area contributed by atoms with Gasteiger partial charge < -0.3 is 14.9 Å². The first kappa shape index (κ1) is 19.2. The monoisotopic (exact) mass is 385 g/mol. The molecular weight excluding hydrogens is 354 g/mol. The number of aliphatic carboxylic acids is 1. The van der Waals surface area contributed by atoms with Crippen molar-refractivity contribution >= 4 is 12.0 Å². The van der Waals surface area contributed by atoms with Crippen LogP contribution in [-0.2, 0) is 10.2 Å². The van der Waals surface area contributed by atoms with Gasteiger partial charge in [-0.2, -0.15) is 0 Å².